The highest BCUT2D eigenvalue weighted by Crippen LogP contribution is 2.13. The van der Waals surface area contributed by atoms with Crippen LogP contribution in [0.15, 0.2) is 29.3 Å². The summed E-state index contributed by atoms with van der Waals surface area (Å²) in [4.78, 5) is 46.5. The zero-order valence-corrected chi connectivity index (χ0v) is 14.2. The van der Waals surface area contributed by atoms with Crippen molar-refractivity contribution in [1.29, 1.82) is 0 Å². The highest BCUT2D eigenvalue weighted by molar-refractivity contribution is 5.85. The molecule has 0 radical (unpaired) electrons. The smallest absolute Gasteiger partial charge is 0.326 e. The lowest BCUT2D eigenvalue weighted by atomic mass is 10.0. The van der Waals surface area contributed by atoms with Crippen LogP contribution in [0.4, 0.5) is 0 Å². The molecule has 132 valence electrons. The Bertz CT molecular complexity index is 830. The Morgan fingerprint density at radius 1 is 1.36 bits per heavy atom. The fourth-order valence-electron chi connectivity index (χ4n) is 2.36. The van der Waals surface area contributed by atoms with E-state index in [2.05, 4.69) is 20.3 Å². The monoisotopic (exact) mass is 344 g/mol. The lowest BCUT2D eigenvalue weighted by molar-refractivity contribution is -0.143. The molecule has 0 bridgehead atoms. The lowest BCUT2D eigenvalue weighted by Crippen LogP contribution is -2.45. The van der Waals surface area contributed by atoms with Crippen molar-refractivity contribution in [1.82, 2.24) is 20.3 Å². The second kappa shape index (κ2) is 7.69. The zero-order chi connectivity index (χ0) is 18.6. The fourth-order valence-corrected chi connectivity index (χ4v) is 2.36. The number of aromatic nitrogens is 3. The van der Waals surface area contributed by atoms with Gasteiger partial charge in [-0.3, -0.25) is 14.6 Å². The largest absolute Gasteiger partial charge is 0.480 e. The summed E-state index contributed by atoms with van der Waals surface area (Å²) in [6.45, 7) is 5.03. The maximum Gasteiger partial charge on any atom is 0.326 e. The molecule has 0 aliphatic rings. The van der Waals surface area contributed by atoms with Crippen molar-refractivity contribution in [2.45, 2.75) is 33.2 Å². The number of carbonyl (C=O) groups excluding carboxylic acids is 1. The van der Waals surface area contributed by atoms with Gasteiger partial charge in [-0.15, -0.1) is 0 Å². The molecule has 25 heavy (non-hydrogen) atoms. The molecule has 2 aromatic rings. The summed E-state index contributed by atoms with van der Waals surface area (Å²) in [7, 11) is 0. The van der Waals surface area contributed by atoms with E-state index >= 15 is 0 Å². The predicted octanol–water partition coefficient (Wildman–Crippen LogP) is 0.908. The molecule has 2 heterocycles. The van der Waals surface area contributed by atoms with Crippen LogP contribution in [0.5, 0.6) is 0 Å². The third kappa shape index (κ3) is 4.50. The Kier molecular flexibility index (Phi) is 5.63. The summed E-state index contributed by atoms with van der Waals surface area (Å²) < 4.78 is 0. The fraction of sp³-hybridized carbons (Fsp3) is 0.353. The molecule has 0 saturated carbocycles. The molecule has 1 atom stereocenters. The van der Waals surface area contributed by atoms with Gasteiger partial charge in [-0.2, -0.15) is 0 Å². The molecule has 2 aromatic heterocycles. The summed E-state index contributed by atoms with van der Waals surface area (Å²) in [6.07, 6.45) is 2.95. The molecule has 0 aliphatic carbocycles. The number of nitrogens with one attached hydrogen (secondary N) is 2. The number of carboxylic acids is 1. The van der Waals surface area contributed by atoms with Crippen LogP contribution in [0.1, 0.15) is 25.1 Å². The number of rotatable bonds is 6. The van der Waals surface area contributed by atoms with Crippen LogP contribution in [0.3, 0.4) is 0 Å². The van der Waals surface area contributed by atoms with Crippen molar-refractivity contribution in [3.05, 3.63) is 46.1 Å². The average molecular weight is 344 g/mol. The molecule has 0 unspecified atom stereocenters. The lowest BCUT2D eigenvalue weighted by Gasteiger charge is -2.18. The van der Waals surface area contributed by atoms with Crippen LogP contribution in [-0.2, 0) is 16.0 Å². The summed E-state index contributed by atoms with van der Waals surface area (Å²) >= 11 is 0. The highest BCUT2D eigenvalue weighted by Gasteiger charge is 2.24. The minimum absolute atomic E-state index is 0.207. The average Bonchev–Trinajstić information content (AvgIpc) is 2.56. The first-order chi connectivity index (χ1) is 11.8. The van der Waals surface area contributed by atoms with Gasteiger partial charge in [-0.1, -0.05) is 13.8 Å². The zero-order valence-electron chi connectivity index (χ0n) is 14.2. The van der Waals surface area contributed by atoms with E-state index in [-0.39, 0.29) is 17.9 Å². The molecule has 3 N–H and O–H groups in total. The number of nitrogens with zero attached hydrogens (tertiary/aromatic N) is 2. The third-order valence-electron chi connectivity index (χ3n) is 3.74. The molecule has 8 nitrogen and oxygen atoms in total. The van der Waals surface area contributed by atoms with E-state index in [9.17, 15) is 14.4 Å². The number of pyridine rings is 1. The molecular formula is C17H20N4O4. The van der Waals surface area contributed by atoms with Gasteiger partial charge in [-0.25, -0.2) is 9.78 Å². The quantitative estimate of drug-likeness (QED) is 0.715. The van der Waals surface area contributed by atoms with Gasteiger partial charge < -0.3 is 15.4 Å². The number of H-pyrrole nitrogens is 1. The number of aryl methyl sites for hydroxylation is 1. The van der Waals surface area contributed by atoms with Crippen LogP contribution >= 0.6 is 0 Å². The normalized spacial score (nSPS) is 12.0. The minimum Gasteiger partial charge on any atom is -0.480 e. The summed E-state index contributed by atoms with van der Waals surface area (Å²) in [5.74, 6) is -1.55. The Morgan fingerprint density at radius 2 is 2.08 bits per heavy atom. The second-order valence-corrected chi connectivity index (χ2v) is 6.02. The number of carbonyl (C=O) groups is 2. The first-order valence-corrected chi connectivity index (χ1v) is 7.82. The molecule has 0 saturated heterocycles. The summed E-state index contributed by atoms with van der Waals surface area (Å²) in [6, 6.07) is 2.48. The molecule has 0 fully saturated rings. The van der Waals surface area contributed by atoms with Crippen molar-refractivity contribution in [2.75, 3.05) is 0 Å². The van der Waals surface area contributed by atoms with Gasteiger partial charge in [0.15, 0.2) is 0 Å². The SMILES string of the molecule is Cc1nc(-c2cccnc2)[nH]c(=O)c1CC(=O)N[C@H](C(=O)O)C(C)C. The number of hydrogen-bond donors (Lipinski definition) is 3. The van der Waals surface area contributed by atoms with Gasteiger partial charge in [0.2, 0.25) is 5.91 Å². The van der Waals surface area contributed by atoms with Crippen molar-refractivity contribution in [3.63, 3.8) is 0 Å². The van der Waals surface area contributed by atoms with Gasteiger partial charge in [0.1, 0.15) is 11.9 Å². The third-order valence-corrected chi connectivity index (χ3v) is 3.74. The number of amides is 1. The molecular weight excluding hydrogens is 324 g/mol. The molecule has 0 aliphatic heterocycles. The Morgan fingerprint density at radius 3 is 2.60 bits per heavy atom. The van der Waals surface area contributed by atoms with Crippen LogP contribution in [-0.4, -0.2) is 38.0 Å². The van der Waals surface area contributed by atoms with E-state index in [0.717, 1.165) is 0 Å². The topological polar surface area (TPSA) is 125 Å². The molecule has 0 aromatic carbocycles. The second-order valence-electron chi connectivity index (χ2n) is 6.02. The van der Waals surface area contributed by atoms with E-state index in [1.807, 2.05) is 0 Å². The van der Waals surface area contributed by atoms with Gasteiger partial charge in [-0.05, 0) is 25.0 Å². The Hall–Kier alpha value is -3.03. The number of carboxylic acid groups (broad SMARTS) is 1. The van der Waals surface area contributed by atoms with Crippen molar-refractivity contribution >= 4 is 11.9 Å². The maximum atomic E-state index is 12.3. The van der Waals surface area contributed by atoms with Gasteiger partial charge in [0.05, 0.1) is 6.42 Å². The van der Waals surface area contributed by atoms with Gasteiger partial charge in [0.25, 0.3) is 5.56 Å². The van der Waals surface area contributed by atoms with Crippen LogP contribution in [0, 0.1) is 12.8 Å². The number of aromatic amines is 1. The van der Waals surface area contributed by atoms with Crippen LogP contribution in [0.25, 0.3) is 11.4 Å². The number of aliphatic carboxylic acids is 1. The van der Waals surface area contributed by atoms with E-state index in [4.69, 9.17) is 5.11 Å². The Labute approximate surface area is 144 Å². The van der Waals surface area contributed by atoms with Gasteiger partial charge >= 0.3 is 5.97 Å². The summed E-state index contributed by atoms with van der Waals surface area (Å²) in [5, 5.41) is 11.6. The summed E-state index contributed by atoms with van der Waals surface area (Å²) in [5.41, 5.74) is 0.842. The van der Waals surface area contributed by atoms with Crippen LogP contribution in [0.2, 0.25) is 0 Å². The first kappa shape index (κ1) is 18.3. The Balaban J connectivity index is 2.22. The van der Waals surface area contributed by atoms with Crippen molar-refractivity contribution in [2.24, 2.45) is 5.92 Å². The highest BCUT2D eigenvalue weighted by atomic mass is 16.4. The first-order valence-electron chi connectivity index (χ1n) is 7.82. The standard InChI is InChI=1S/C17H20N4O4/c1-9(2)14(17(24)25)20-13(22)7-12-10(3)19-15(21-16(12)23)11-5-4-6-18-8-11/h4-6,8-9,14H,7H2,1-3H3,(H,20,22)(H,24,25)(H,19,21,23)/t14-/m0/s1. The molecule has 8 heteroatoms. The molecule has 2 rings (SSSR count). The van der Waals surface area contributed by atoms with Crippen LogP contribution < -0.4 is 10.9 Å². The van der Waals surface area contributed by atoms with Crippen molar-refractivity contribution < 1.29 is 14.7 Å². The minimum atomic E-state index is -1.11. The van der Waals surface area contributed by atoms with E-state index in [0.29, 0.717) is 17.1 Å². The van der Waals surface area contributed by atoms with E-state index < -0.39 is 23.5 Å². The molecule has 1 amide bonds. The van der Waals surface area contributed by atoms with E-state index in [1.165, 1.54) is 0 Å². The van der Waals surface area contributed by atoms with E-state index in [1.54, 1.807) is 45.3 Å². The van der Waals surface area contributed by atoms with Crippen molar-refractivity contribution in [3.8, 4) is 11.4 Å². The maximum absolute atomic E-state index is 12.3. The predicted molar refractivity (Wildman–Crippen MR) is 90.9 cm³/mol. The van der Waals surface area contributed by atoms with Gasteiger partial charge in [0, 0.05) is 29.2 Å². The molecule has 0 spiro atoms. The number of hydrogen-bond acceptors (Lipinski definition) is 5.